The fourth-order valence-electron chi connectivity index (χ4n) is 2.50. The number of nitrogens with one attached hydrogen (secondary N) is 1. The number of rotatable bonds is 6. The number of benzene rings is 2. The van der Waals surface area contributed by atoms with Crippen LogP contribution in [0.5, 0.6) is 5.75 Å². The topological polar surface area (TPSA) is 86.6 Å². The molecule has 2 aromatic rings. The Hall–Kier alpha value is -2.82. The highest BCUT2D eigenvalue weighted by Gasteiger charge is 2.40. The van der Waals surface area contributed by atoms with Crippen LogP contribution in [0.3, 0.4) is 0 Å². The lowest BCUT2D eigenvalue weighted by Gasteiger charge is -2.30. The minimum atomic E-state index is -1.45. The first-order valence-electron chi connectivity index (χ1n) is 7.36. The van der Waals surface area contributed by atoms with Gasteiger partial charge in [-0.3, -0.25) is 4.79 Å². The molecule has 0 heterocycles. The molecule has 0 aromatic heterocycles. The molecule has 1 unspecified atom stereocenters. The van der Waals surface area contributed by atoms with Gasteiger partial charge in [-0.1, -0.05) is 49.4 Å². The standard InChI is InChI=1S/C18H19NO4/c1-2-18(17(22)23,14-6-4-3-5-7-14)19-16(21)12-13-8-10-15(20)11-9-13/h3-11,20H,2,12H2,1H3,(H,19,21)(H,22,23). The van der Waals surface area contributed by atoms with Crippen LogP contribution in [-0.4, -0.2) is 22.1 Å². The van der Waals surface area contributed by atoms with Crippen LogP contribution in [0, 0.1) is 0 Å². The van der Waals surface area contributed by atoms with Crippen molar-refractivity contribution in [2.45, 2.75) is 25.3 Å². The summed E-state index contributed by atoms with van der Waals surface area (Å²) in [4.78, 5) is 24.2. The minimum Gasteiger partial charge on any atom is -0.508 e. The molecule has 2 aromatic carbocycles. The van der Waals surface area contributed by atoms with E-state index in [2.05, 4.69) is 5.32 Å². The molecule has 0 saturated heterocycles. The second-order valence-electron chi connectivity index (χ2n) is 5.32. The Bertz CT molecular complexity index is 682. The maximum atomic E-state index is 12.3. The van der Waals surface area contributed by atoms with Gasteiger partial charge in [0, 0.05) is 0 Å². The van der Waals surface area contributed by atoms with Crippen LogP contribution in [0.15, 0.2) is 54.6 Å². The van der Waals surface area contributed by atoms with Crippen LogP contribution >= 0.6 is 0 Å². The number of amides is 1. The Morgan fingerprint density at radius 3 is 2.17 bits per heavy atom. The van der Waals surface area contributed by atoms with Gasteiger partial charge in [-0.2, -0.15) is 0 Å². The Morgan fingerprint density at radius 2 is 1.65 bits per heavy atom. The van der Waals surface area contributed by atoms with Crippen LogP contribution in [-0.2, 0) is 21.5 Å². The molecule has 0 saturated carbocycles. The molecule has 0 aliphatic carbocycles. The van der Waals surface area contributed by atoms with E-state index in [0.717, 1.165) is 0 Å². The zero-order valence-corrected chi connectivity index (χ0v) is 12.8. The zero-order chi connectivity index (χ0) is 16.9. The summed E-state index contributed by atoms with van der Waals surface area (Å²) in [6.45, 7) is 1.72. The fraction of sp³-hybridized carbons (Fsp3) is 0.222. The number of phenols is 1. The van der Waals surface area contributed by atoms with Crippen molar-refractivity contribution < 1.29 is 19.8 Å². The van der Waals surface area contributed by atoms with E-state index < -0.39 is 11.5 Å². The van der Waals surface area contributed by atoms with Gasteiger partial charge in [0.1, 0.15) is 5.75 Å². The van der Waals surface area contributed by atoms with Gasteiger partial charge in [0.05, 0.1) is 6.42 Å². The Kier molecular flexibility index (Phi) is 5.01. The van der Waals surface area contributed by atoms with E-state index in [1.165, 1.54) is 12.1 Å². The molecule has 5 nitrogen and oxygen atoms in total. The average molecular weight is 313 g/mol. The van der Waals surface area contributed by atoms with Gasteiger partial charge < -0.3 is 15.5 Å². The summed E-state index contributed by atoms with van der Waals surface area (Å²) >= 11 is 0. The maximum absolute atomic E-state index is 12.3. The van der Waals surface area contributed by atoms with Crippen molar-refractivity contribution in [1.82, 2.24) is 5.32 Å². The summed E-state index contributed by atoms with van der Waals surface area (Å²) in [6.07, 6.45) is 0.274. The molecule has 5 heteroatoms. The maximum Gasteiger partial charge on any atom is 0.334 e. The number of phenolic OH excluding ortho intramolecular Hbond substituents is 1. The van der Waals surface area contributed by atoms with Crippen LogP contribution < -0.4 is 5.32 Å². The normalized spacial score (nSPS) is 13.1. The minimum absolute atomic E-state index is 0.0438. The second-order valence-corrected chi connectivity index (χ2v) is 5.32. The highest BCUT2D eigenvalue weighted by Crippen LogP contribution is 2.25. The van der Waals surface area contributed by atoms with Crippen LogP contribution in [0.1, 0.15) is 24.5 Å². The highest BCUT2D eigenvalue weighted by atomic mass is 16.4. The Morgan fingerprint density at radius 1 is 1.04 bits per heavy atom. The summed E-state index contributed by atoms with van der Waals surface area (Å²) in [5.74, 6) is -1.36. The smallest absolute Gasteiger partial charge is 0.334 e. The number of carboxylic acids is 1. The van der Waals surface area contributed by atoms with Gasteiger partial charge in [0.2, 0.25) is 5.91 Å². The van der Waals surface area contributed by atoms with Gasteiger partial charge in [-0.25, -0.2) is 4.79 Å². The van der Waals surface area contributed by atoms with Gasteiger partial charge in [0.25, 0.3) is 0 Å². The number of carboxylic acid groups (broad SMARTS) is 1. The first-order chi connectivity index (χ1) is 11.0. The highest BCUT2D eigenvalue weighted by molar-refractivity contribution is 5.89. The monoisotopic (exact) mass is 313 g/mol. The third-order valence-corrected chi connectivity index (χ3v) is 3.82. The summed E-state index contributed by atoms with van der Waals surface area (Å²) in [5, 5.41) is 21.6. The van der Waals surface area contributed by atoms with Crippen LogP contribution in [0.4, 0.5) is 0 Å². The number of hydrogen-bond acceptors (Lipinski definition) is 3. The number of aliphatic carboxylic acids is 1. The molecule has 23 heavy (non-hydrogen) atoms. The molecular formula is C18H19NO4. The van der Waals surface area contributed by atoms with Crippen molar-refractivity contribution in [3.05, 3.63) is 65.7 Å². The number of aromatic hydroxyl groups is 1. The third-order valence-electron chi connectivity index (χ3n) is 3.82. The van der Waals surface area contributed by atoms with Gasteiger partial charge in [-0.05, 0) is 29.7 Å². The summed E-state index contributed by atoms with van der Waals surface area (Å²) in [6, 6.07) is 14.9. The van der Waals surface area contributed by atoms with Crippen molar-refractivity contribution in [3.63, 3.8) is 0 Å². The summed E-state index contributed by atoms with van der Waals surface area (Å²) in [5.41, 5.74) is -0.215. The molecular weight excluding hydrogens is 294 g/mol. The lowest BCUT2D eigenvalue weighted by atomic mass is 9.87. The zero-order valence-electron chi connectivity index (χ0n) is 12.8. The van der Waals surface area contributed by atoms with E-state index in [0.29, 0.717) is 11.1 Å². The average Bonchev–Trinajstić information content (AvgIpc) is 2.55. The molecule has 1 amide bonds. The quantitative estimate of drug-likeness (QED) is 0.764. The van der Waals surface area contributed by atoms with Crippen molar-refractivity contribution in [3.8, 4) is 5.75 Å². The van der Waals surface area contributed by atoms with E-state index >= 15 is 0 Å². The summed E-state index contributed by atoms with van der Waals surface area (Å²) < 4.78 is 0. The van der Waals surface area contributed by atoms with E-state index in [4.69, 9.17) is 0 Å². The lowest BCUT2D eigenvalue weighted by molar-refractivity contribution is -0.148. The Labute approximate surface area is 134 Å². The van der Waals surface area contributed by atoms with E-state index in [1.54, 1.807) is 49.4 Å². The molecule has 0 fully saturated rings. The Balaban J connectivity index is 2.22. The molecule has 0 bridgehead atoms. The van der Waals surface area contributed by atoms with Gasteiger partial charge in [0.15, 0.2) is 5.54 Å². The number of carbonyl (C=O) groups excluding carboxylic acids is 1. The fourth-order valence-corrected chi connectivity index (χ4v) is 2.50. The predicted octanol–water partition coefficient (Wildman–Crippen LogP) is 2.44. The van der Waals surface area contributed by atoms with Crippen molar-refractivity contribution >= 4 is 11.9 Å². The molecule has 0 aliphatic rings. The van der Waals surface area contributed by atoms with E-state index in [1.807, 2.05) is 0 Å². The first kappa shape index (κ1) is 16.5. The van der Waals surface area contributed by atoms with Gasteiger partial charge in [-0.15, -0.1) is 0 Å². The van der Waals surface area contributed by atoms with Gasteiger partial charge >= 0.3 is 5.97 Å². The van der Waals surface area contributed by atoms with E-state index in [9.17, 15) is 19.8 Å². The molecule has 120 valence electrons. The predicted molar refractivity (Wildman–Crippen MR) is 86.0 cm³/mol. The number of carbonyl (C=O) groups is 2. The molecule has 3 N–H and O–H groups in total. The molecule has 1 atom stereocenters. The van der Waals surface area contributed by atoms with Crippen molar-refractivity contribution in [2.24, 2.45) is 0 Å². The molecule has 2 rings (SSSR count). The SMILES string of the molecule is CCC(NC(=O)Cc1ccc(O)cc1)(C(=O)O)c1ccccc1. The lowest BCUT2D eigenvalue weighted by Crippen LogP contribution is -2.51. The molecule has 0 radical (unpaired) electrons. The van der Waals surface area contributed by atoms with E-state index in [-0.39, 0.29) is 24.5 Å². The first-order valence-corrected chi connectivity index (χ1v) is 7.36. The largest absolute Gasteiger partial charge is 0.508 e. The summed E-state index contributed by atoms with van der Waals surface area (Å²) in [7, 11) is 0. The molecule has 0 spiro atoms. The second kappa shape index (κ2) is 6.96. The number of hydrogen-bond donors (Lipinski definition) is 3. The van der Waals surface area contributed by atoms with Crippen LogP contribution in [0.2, 0.25) is 0 Å². The van der Waals surface area contributed by atoms with Crippen LogP contribution in [0.25, 0.3) is 0 Å². The molecule has 0 aliphatic heterocycles. The van der Waals surface area contributed by atoms with Crippen molar-refractivity contribution in [2.75, 3.05) is 0 Å². The van der Waals surface area contributed by atoms with Crippen molar-refractivity contribution in [1.29, 1.82) is 0 Å². The third kappa shape index (κ3) is 3.69.